The van der Waals surface area contributed by atoms with Crippen LogP contribution < -0.4 is 11.1 Å². The zero-order valence-electron chi connectivity index (χ0n) is 15.4. The largest absolute Gasteiger partial charge is 0.370 e. The Balaban J connectivity index is 1.67. The van der Waals surface area contributed by atoms with E-state index >= 15 is 0 Å². The van der Waals surface area contributed by atoms with Gasteiger partial charge in [0, 0.05) is 48.1 Å². The number of rotatable bonds is 8. The third-order valence-corrected chi connectivity index (χ3v) is 4.85. The third-order valence-electron chi connectivity index (χ3n) is 4.48. The van der Waals surface area contributed by atoms with Gasteiger partial charge in [-0.3, -0.25) is 14.2 Å². The lowest BCUT2D eigenvalue weighted by Crippen LogP contribution is -2.14. The number of carbonyl (C=O) groups excluding carboxylic acids is 1. The number of primary amides is 1. The van der Waals surface area contributed by atoms with Crippen LogP contribution in [0.25, 0.3) is 0 Å². The first-order valence-corrected chi connectivity index (χ1v) is 9.13. The smallest absolute Gasteiger partial charge is 0.219 e. The van der Waals surface area contributed by atoms with Gasteiger partial charge >= 0.3 is 0 Å². The van der Waals surface area contributed by atoms with Crippen LogP contribution in [0, 0.1) is 13.8 Å². The summed E-state index contributed by atoms with van der Waals surface area (Å²) in [4.78, 5) is 10.9. The van der Waals surface area contributed by atoms with Crippen molar-refractivity contribution in [1.82, 2.24) is 19.6 Å². The van der Waals surface area contributed by atoms with Gasteiger partial charge in [-0.05, 0) is 25.5 Å². The van der Waals surface area contributed by atoms with Gasteiger partial charge in [-0.25, -0.2) is 0 Å². The van der Waals surface area contributed by atoms with Gasteiger partial charge in [0.2, 0.25) is 5.91 Å². The molecule has 0 radical (unpaired) electrons. The summed E-state index contributed by atoms with van der Waals surface area (Å²) in [6.45, 7) is 5.78. The fourth-order valence-corrected chi connectivity index (χ4v) is 3.11. The number of hydrogen-bond acceptors (Lipinski definition) is 4. The summed E-state index contributed by atoms with van der Waals surface area (Å²) < 4.78 is 3.67. The van der Waals surface area contributed by atoms with E-state index in [-0.39, 0.29) is 12.3 Å². The highest BCUT2D eigenvalue weighted by Gasteiger charge is 2.13. The topological polar surface area (TPSA) is 90.8 Å². The Kier molecular flexibility index (Phi) is 5.81. The molecule has 0 fully saturated rings. The minimum atomic E-state index is -0.336. The molecule has 2 aromatic heterocycles. The van der Waals surface area contributed by atoms with Crippen LogP contribution in [0.1, 0.15) is 28.9 Å². The highest BCUT2D eigenvalue weighted by atomic mass is 35.5. The number of nitrogens with zero attached hydrogens (tertiary/aromatic N) is 4. The van der Waals surface area contributed by atoms with Crippen LogP contribution in [0.5, 0.6) is 0 Å². The van der Waals surface area contributed by atoms with E-state index in [0.717, 1.165) is 33.4 Å². The van der Waals surface area contributed by atoms with Gasteiger partial charge < -0.3 is 11.1 Å². The maximum atomic E-state index is 10.9. The molecule has 3 aromatic rings. The normalized spacial score (nSPS) is 10.9. The highest BCUT2D eigenvalue weighted by Crippen LogP contribution is 2.20. The summed E-state index contributed by atoms with van der Waals surface area (Å²) in [5.41, 5.74) is 9.40. The van der Waals surface area contributed by atoms with Gasteiger partial charge in [0.15, 0.2) is 0 Å². The van der Waals surface area contributed by atoms with Gasteiger partial charge in [-0.1, -0.05) is 29.8 Å². The summed E-state index contributed by atoms with van der Waals surface area (Å²) in [5.74, 6) is 0.411. The second kappa shape index (κ2) is 8.26. The number of benzene rings is 1. The molecule has 3 N–H and O–H groups in total. The van der Waals surface area contributed by atoms with Crippen molar-refractivity contribution < 1.29 is 4.79 Å². The van der Waals surface area contributed by atoms with E-state index in [0.29, 0.717) is 19.6 Å². The summed E-state index contributed by atoms with van der Waals surface area (Å²) in [6, 6.07) is 9.67. The molecule has 1 amide bonds. The first-order chi connectivity index (χ1) is 12.9. The molecule has 0 aliphatic heterocycles. The van der Waals surface area contributed by atoms with Crippen LogP contribution in [0.2, 0.25) is 5.02 Å². The quantitative estimate of drug-likeness (QED) is 0.622. The molecule has 8 heteroatoms. The second-order valence-corrected chi connectivity index (χ2v) is 6.84. The Labute approximate surface area is 163 Å². The van der Waals surface area contributed by atoms with Gasteiger partial charge in [0.05, 0.1) is 12.2 Å². The first-order valence-electron chi connectivity index (χ1n) is 8.76. The van der Waals surface area contributed by atoms with E-state index in [9.17, 15) is 4.79 Å². The fourth-order valence-electron chi connectivity index (χ4n) is 2.92. The minimum absolute atomic E-state index is 0.272. The fraction of sp³-hybridized carbons (Fsp3) is 0.316. The minimum Gasteiger partial charge on any atom is -0.370 e. The first kappa shape index (κ1) is 19.0. The van der Waals surface area contributed by atoms with Crippen molar-refractivity contribution in [3.8, 4) is 0 Å². The molecule has 1 aromatic carbocycles. The van der Waals surface area contributed by atoms with E-state index in [1.807, 2.05) is 48.1 Å². The van der Waals surface area contributed by atoms with E-state index < -0.39 is 0 Å². The maximum Gasteiger partial charge on any atom is 0.219 e. The average Bonchev–Trinajstić information content (AvgIpc) is 3.18. The molecule has 0 saturated carbocycles. The predicted octanol–water partition coefficient (Wildman–Crippen LogP) is 2.89. The molecular formula is C19H23ClN6O. The van der Waals surface area contributed by atoms with Gasteiger partial charge in [0.1, 0.15) is 5.82 Å². The number of amides is 1. The molecule has 27 heavy (non-hydrogen) atoms. The van der Waals surface area contributed by atoms with Crippen molar-refractivity contribution in [3.63, 3.8) is 0 Å². The number of aromatic nitrogens is 4. The Morgan fingerprint density at radius 2 is 2.00 bits per heavy atom. The molecule has 7 nitrogen and oxygen atoms in total. The van der Waals surface area contributed by atoms with Crippen molar-refractivity contribution in [2.24, 2.45) is 5.73 Å². The molecule has 142 valence electrons. The number of hydrogen-bond donors (Lipinski definition) is 2. The highest BCUT2D eigenvalue weighted by molar-refractivity contribution is 6.31. The average molecular weight is 387 g/mol. The maximum absolute atomic E-state index is 10.9. The van der Waals surface area contributed by atoms with Crippen molar-refractivity contribution >= 4 is 23.3 Å². The summed E-state index contributed by atoms with van der Waals surface area (Å²) >= 11 is 6.27. The van der Waals surface area contributed by atoms with Crippen LogP contribution in [-0.4, -0.2) is 25.5 Å². The van der Waals surface area contributed by atoms with E-state index in [2.05, 4.69) is 22.4 Å². The number of halogens is 1. The lowest BCUT2D eigenvalue weighted by atomic mass is 10.2. The Morgan fingerprint density at radius 3 is 2.74 bits per heavy atom. The SMILES string of the molecule is Cc1nn(Cc2ccccc2Cl)c(C)c1CNc1ccn(CCC(N)=O)n1. The Hall–Kier alpha value is -2.80. The van der Waals surface area contributed by atoms with Crippen molar-refractivity contribution in [2.45, 2.75) is 39.9 Å². The van der Waals surface area contributed by atoms with Crippen molar-refractivity contribution in [1.29, 1.82) is 0 Å². The van der Waals surface area contributed by atoms with Crippen molar-refractivity contribution in [3.05, 3.63) is 64.1 Å². The van der Waals surface area contributed by atoms with Crippen LogP contribution >= 0.6 is 11.6 Å². The summed E-state index contributed by atoms with van der Waals surface area (Å²) in [5, 5.41) is 13.1. The van der Waals surface area contributed by atoms with Gasteiger partial charge in [-0.15, -0.1) is 0 Å². The standard InChI is InChI=1S/C19H23ClN6O/c1-13-16(11-22-19-8-10-25(24-19)9-7-18(21)27)14(2)26(23-13)12-15-5-3-4-6-17(15)20/h3-6,8,10H,7,9,11-12H2,1-2H3,(H2,21,27)(H,22,24). The predicted molar refractivity (Wildman–Crippen MR) is 106 cm³/mol. The zero-order chi connectivity index (χ0) is 19.4. The Morgan fingerprint density at radius 1 is 1.22 bits per heavy atom. The third kappa shape index (κ3) is 4.68. The monoisotopic (exact) mass is 386 g/mol. The molecule has 0 saturated heterocycles. The zero-order valence-corrected chi connectivity index (χ0v) is 16.2. The van der Waals surface area contributed by atoms with Crippen LogP contribution in [-0.2, 0) is 24.4 Å². The molecule has 0 unspecified atom stereocenters. The molecule has 0 spiro atoms. The molecule has 3 rings (SSSR count). The van der Waals surface area contributed by atoms with Crippen LogP contribution in [0.4, 0.5) is 5.82 Å². The van der Waals surface area contributed by atoms with Gasteiger partial charge in [-0.2, -0.15) is 10.2 Å². The molecule has 0 atom stereocenters. The Bertz CT molecular complexity index is 946. The van der Waals surface area contributed by atoms with E-state index in [4.69, 9.17) is 17.3 Å². The molecular weight excluding hydrogens is 364 g/mol. The molecule has 0 aliphatic rings. The lowest BCUT2D eigenvalue weighted by Gasteiger charge is -2.08. The number of carbonyl (C=O) groups is 1. The van der Waals surface area contributed by atoms with Crippen LogP contribution in [0.3, 0.4) is 0 Å². The molecule has 0 aliphatic carbocycles. The van der Waals surface area contributed by atoms with E-state index in [1.165, 1.54) is 0 Å². The van der Waals surface area contributed by atoms with Crippen molar-refractivity contribution in [2.75, 3.05) is 5.32 Å². The summed E-state index contributed by atoms with van der Waals surface area (Å²) in [7, 11) is 0. The number of anilines is 1. The summed E-state index contributed by atoms with van der Waals surface area (Å²) in [6.07, 6.45) is 2.10. The van der Waals surface area contributed by atoms with E-state index in [1.54, 1.807) is 4.68 Å². The second-order valence-electron chi connectivity index (χ2n) is 6.43. The van der Waals surface area contributed by atoms with Gasteiger partial charge in [0.25, 0.3) is 0 Å². The molecule has 0 bridgehead atoms. The number of nitrogens with one attached hydrogen (secondary N) is 1. The van der Waals surface area contributed by atoms with Crippen LogP contribution in [0.15, 0.2) is 36.5 Å². The number of nitrogens with two attached hydrogens (primary N) is 1. The molecule has 2 heterocycles. The lowest BCUT2D eigenvalue weighted by molar-refractivity contribution is -0.118. The number of aryl methyl sites for hydroxylation is 2.